The van der Waals surface area contributed by atoms with Crippen LogP contribution < -0.4 is 10.6 Å². The predicted molar refractivity (Wildman–Crippen MR) is 92.9 cm³/mol. The molecule has 1 saturated heterocycles. The van der Waals surface area contributed by atoms with Crippen LogP contribution in [0.1, 0.15) is 18.7 Å². The van der Waals surface area contributed by atoms with Crippen molar-refractivity contribution in [1.29, 1.82) is 0 Å². The van der Waals surface area contributed by atoms with E-state index in [1.807, 2.05) is 12.1 Å². The molecule has 6 heteroatoms. The quantitative estimate of drug-likeness (QED) is 0.860. The van der Waals surface area contributed by atoms with Gasteiger partial charge < -0.3 is 9.91 Å². The van der Waals surface area contributed by atoms with E-state index in [0.717, 1.165) is 38.4 Å². The van der Waals surface area contributed by atoms with Crippen LogP contribution in [0.3, 0.4) is 0 Å². The van der Waals surface area contributed by atoms with Gasteiger partial charge in [-0.1, -0.05) is 17.7 Å². The molecule has 23 heavy (non-hydrogen) atoms. The summed E-state index contributed by atoms with van der Waals surface area (Å²) in [7, 11) is 2.11. The number of likely N-dealkylation sites (N-methyl/N-ethyl adjacent to an activating group) is 1. The molecule has 0 amide bonds. The topological polar surface area (TPSA) is 41.4 Å². The maximum atomic E-state index is 13.1. The number of halogens is 1. The lowest BCUT2D eigenvalue weighted by molar-refractivity contribution is 0.283. The summed E-state index contributed by atoms with van der Waals surface area (Å²) in [4.78, 5) is 20.2. The molecule has 2 heterocycles. The molecule has 1 aromatic carbocycles. The second-order valence-electron chi connectivity index (χ2n) is 6.68. The summed E-state index contributed by atoms with van der Waals surface area (Å²) in [6.07, 6.45) is 3.36. The molecule has 0 unspecified atom stereocenters. The molecular weight excluding hydrogens is 312 g/mol. The monoisotopic (exact) mass is 332 g/mol. The second-order valence-corrected chi connectivity index (χ2v) is 7.09. The molecule has 4 rings (SSSR count). The van der Waals surface area contributed by atoms with Gasteiger partial charge in [-0.2, -0.15) is 0 Å². The zero-order valence-corrected chi connectivity index (χ0v) is 14.1. The predicted octanol–water partition coefficient (Wildman–Crippen LogP) is 1.89. The van der Waals surface area contributed by atoms with Crippen molar-refractivity contribution in [3.63, 3.8) is 0 Å². The van der Waals surface area contributed by atoms with E-state index >= 15 is 0 Å². The van der Waals surface area contributed by atoms with Gasteiger partial charge in [-0.15, -0.1) is 0 Å². The first-order chi connectivity index (χ1) is 11.1. The molecule has 0 N–H and O–H groups in total. The van der Waals surface area contributed by atoms with Crippen LogP contribution in [-0.2, 0) is 6.42 Å². The van der Waals surface area contributed by atoms with Crippen LogP contribution in [0.4, 0.5) is 0 Å². The van der Waals surface area contributed by atoms with Gasteiger partial charge in [0.1, 0.15) is 5.82 Å². The van der Waals surface area contributed by atoms with E-state index in [-0.39, 0.29) is 5.56 Å². The maximum absolute atomic E-state index is 13.1. The van der Waals surface area contributed by atoms with E-state index in [9.17, 15) is 4.79 Å². The van der Waals surface area contributed by atoms with Crippen molar-refractivity contribution in [2.75, 3.05) is 38.2 Å². The Morgan fingerprint density at radius 1 is 1.22 bits per heavy atom. The number of hydrogen-bond acceptors (Lipinski definition) is 4. The van der Waals surface area contributed by atoms with Gasteiger partial charge in [0.25, 0.3) is 5.56 Å². The molecule has 5 nitrogen and oxygen atoms in total. The first-order valence-electron chi connectivity index (χ1n) is 8.27. The van der Waals surface area contributed by atoms with Gasteiger partial charge in [0.2, 0.25) is 0 Å². The van der Waals surface area contributed by atoms with Crippen LogP contribution in [0.2, 0.25) is 5.02 Å². The van der Waals surface area contributed by atoms with Crippen molar-refractivity contribution in [1.82, 2.24) is 14.6 Å². The number of benzene rings is 1. The lowest BCUT2D eigenvalue weighted by Gasteiger charge is -2.35. The minimum absolute atomic E-state index is 0.0270. The molecule has 1 aliphatic heterocycles. The first-order valence-corrected chi connectivity index (χ1v) is 8.65. The summed E-state index contributed by atoms with van der Waals surface area (Å²) in [5.41, 5.74) is 0.685. The minimum Gasteiger partial charge on any atom is -0.306 e. The van der Waals surface area contributed by atoms with Crippen molar-refractivity contribution in [3.8, 4) is 0 Å². The zero-order chi connectivity index (χ0) is 16.0. The van der Waals surface area contributed by atoms with E-state index in [1.165, 1.54) is 12.8 Å². The fourth-order valence-electron chi connectivity index (χ4n) is 3.23. The Labute approximate surface area is 140 Å². The average molecular weight is 333 g/mol. The van der Waals surface area contributed by atoms with E-state index in [1.54, 1.807) is 10.7 Å². The van der Waals surface area contributed by atoms with Gasteiger partial charge in [-0.3, -0.25) is 4.79 Å². The molecule has 2 aliphatic rings. The molecule has 1 saturated carbocycles. The van der Waals surface area contributed by atoms with Gasteiger partial charge in [0, 0.05) is 32.6 Å². The summed E-state index contributed by atoms with van der Waals surface area (Å²) in [6, 6.07) is 5.51. The minimum atomic E-state index is -0.0270. The van der Waals surface area contributed by atoms with Crippen LogP contribution >= 0.6 is 11.6 Å². The normalized spacial score (nSPS) is 19.5. The number of fused-ring (bicyclic) bond motifs is 1. The highest BCUT2D eigenvalue weighted by Gasteiger charge is 2.27. The number of rotatable bonds is 3. The third-order valence-corrected chi connectivity index (χ3v) is 5.14. The van der Waals surface area contributed by atoms with Gasteiger partial charge in [0.15, 0.2) is 0 Å². The Morgan fingerprint density at radius 3 is 2.65 bits per heavy atom. The first kappa shape index (κ1) is 15.0. The average Bonchev–Trinajstić information content (AvgIpc) is 3.33. The van der Waals surface area contributed by atoms with Crippen molar-refractivity contribution in [2.45, 2.75) is 19.3 Å². The summed E-state index contributed by atoms with van der Waals surface area (Å²) >= 11 is 6.29. The van der Waals surface area contributed by atoms with Crippen LogP contribution in [0.15, 0.2) is 23.0 Å². The van der Waals surface area contributed by atoms with E-state index < -0.39 is 0 Å². The van der Waals surface area contributed by atoms with Crippen molar-refractivity contribution in [3.05, 3.63) is 39.4 Å². The van der Waals surface area contributed by atoms with E-state index in [0.29, 0.717) is 21.8 Å². The smallest absolute Gasteiger partial charge is 0.281 e. The second kappa shape index (κ2) is 5.80. The van der Waals surface area contributed by atoms with E-state index in [2.05, 4.69) is 17.0 Å². The molecule has 1 aromatic heterocycles. The van der Waals surface area contributed by atoms with Crippen LogP contribution in [0.5, 0.6) is 0 Å². The van der Waals surface area contributed by atoms with Crippen molar-refractivity contribution >= 4 is 22.5 Å². The van der Waals surface area contributed by atoms with E-state index in [4.69, 9.17) is 16.6 Å². The maximum Gasteiger partial charge on any atom is 0.281 e. The molecule has 0 bridgehead atoms. The van der Waals surface area contributed by atoms with Crippen LogP contribution in [0.25, 0.3) is 10.9 Å². The number of piperazine rings is 1. The fraction of sp³-hybridized carbons (Fsp3) is 0.529. The van der Waals surface area contributed by atoms with Crippen molar-refractivity contribution in [2.24, 2.45) is 5.92 Å². The van der Waals surface area contributed by atoms with Crippen LogP contribution in [0, 0.1) is 5.92 Å². The summed E-state index contributed by atoms with van der Waals surface area (Å²) in [5, 5.41) is 3.16. The highest BCUT2D eigenvalue weighted by Crippen LogP contribution is 2.32. The van der Waals surface area contributed by atoms with Gasteiger partial charge >= 0.3 is 0 Å². The molecule has 2 fully saturated rings. The third-order valence-electron chi connectivity index (χ3n) is 4.82. The summed E-state index contributed by atoms with van der Waals surface area (Å²) in [5.74, 6) is 1.56. The number of hydrogen-bond donors (Lipinski definition) is 0. The Balaban J connectivity index is 1.86. The fourth-order valence-corrected chi connectivity index (χ4v) is 3.48. The van der Waals surface area contributed by atoms with Crippen molar-refractivity contribution < 1.29 is 0 Å². The highest BCUT2D eigenvalue weighted by atomic mass is 35.5. The van der Waals surface area contributed by atoms with Gasteiger partial charge in [0.05, 0.1) is 15.9 Å². The van der Waals surface area contributed by atoms with Gasteiger partial charge in [-0.05, 0) is 37.9 Å². The highest BCUT2D eigenvalue weighted by molar-refractivity contribution is 6.35. The molecule has 2 aromatic rings. The Morgan fingerprint density at radius 2 is 1.96 bits per heavy atom. The standard InChI is InChI=1S/C17H21ClN4O/c1-20-7-9-21(10-8-20)22-15(11-12-5-6-12)19-14-4-2-3-13(18)16(14)17(22)23/h2-4,12H,5-11H2,1H3. The molecular formula is C17H21ClN4O. The lowest BCUT2D eigenvalue weighted by atomic mass is 10.2. The van der Waals surface area contributed by atoms with Crippen LogP contribution in [-0.4, -0.2) is 47.8 Å². The number of nitrogens with zero attached hydrogens (tertiary/aromatic N) is 4. The zero-order valence-electron chi connectivity index (χ0n) is 13.3. The molecule has 0 atom stereocenters. The molecule has 1 aliphatic carbocycles. The SMILES string of the molecule is CN1CCN(n2c(CC3CC3)nc3cccc(Cl)c3c2=O)CC1. The Hall–Kier alpha value is -1.59. The molecule has 0 spiro atoms. The number of aromatic nitrogens is 2. The Bertz CT molecular complexity index is 791. The Kier molecular flexibility index (Phi) is 3.77. The lowest BCUT2D eigenvalue weighted by Crippen LogP contribution is -2.54. The van der Waals surface area contributed by atoms with Gasteiger partial charge in [-0.25, -0.2) is 9.66 Å². The third kappa shape index (κ3) is 2.83. The largest absolute Gasteiger partial charge is 0.306 e. The summed E-state index contributed by atoms with van der Waals surface area (Å²) in [6.45, 7) is 3.59. The molecule has 0 radical (unpaired) electrons. The molecule has 122 valence electrons. The summed E-state index contributed by atoms with van der Waals surface area (Å²) < 4.78 is 1.81.